The summed E-state index contributed by atoms with van der Waals surface area (Å²) in [4.78, 5) is 6.93. The molecule has 3 aliphatic heterocycles. The summed E-state index contributed by atoms with van der Waals surface area (Å²) < 4.78 is 22.6. The Morgan fingerprint density at radius 1 is 1.42 bits per heavy atom. The Bertz CT molecular complexity index is 828. The van der Waals surface area contributed by atoms with Gasteiger partial charge in [0.15, 0.2) is 0 Å². The van der Waals surface area contributed by atoms with Gasteiger partial charge in [-0.15, -0.1) is 6.58 Å². The molecule has 5 nitrogen and oxygen atoms in total. The number of piperidine rings is 3. The molecule has 3 aliphatic rings. The molecule has 0 aliphatic carbocycles. The van der Waals surface area contributed by atoms with Crippen molar-refractivity contribution < 1.29 is 13.8 Å². The van der Waals surface area contributed by atoms with E-state index in [1.807, 2.05) is 24.3 Å². The van der Waals surface area contributed by atoms with E-state index in [9.17, 15) is 4.57 Å². The number of benzene rings is 1. The highest BCUT2D eigenvalue weighted by Gasteiger charge is 2.43. The van der Waals surface area contributed by atoms with Crippen molar-refractivity contribution in [3.8, 4) is 5.75 Å². The maximum absolute atomic E-state index is 11.4. The quantitative estimate of drug-likeness (QED) is 0.557. The first-order chi connectivity index (χ1) is 12.7. The molecule has 3 fully saturated rings. The summed E-state index contributed by atoms with van der Waals surface area (Å²) in [6.45, 7) is 6.05. The predicted octanol–water partition coefficient (Wildman–Crippen LogP) is 4.40. The van der Waals surface area contributed by atoms with E-state index in [2.05, 4.69) is 22.5 Å². The lowest BCUT2D eigenvalue weighted by Gasteiger charge is -2.51. The van der Waals surface area contributed by atoms with Gasteiger partial charge in [0.25, 0.3) is 0 Å². The predicted molar refractivity (Wildman–Crippen MR) is 101 cm³/mol. The summed E-state index contributed by atoms with van der Waals surface area (Å²) >= 11 is 0. The van der Waals surface area contributed by atoms with Gasteiger partial charge in [-0.3, -0.25) is 14.4 Å². The molecule has 5 atom stereocenters. The molecule has 0 N–H and O–H groups in total. The number of rotatable bonds is 6. The molecule has 26 heavy (non-hydrogen) atoms. The molecule has 3 saturated heterocycles. The number of aromatic nitrogens is 1. The minimum absolute atomic E-state index is 0.211. The Morgan fingerprint density at radius 2 is 2.31 bits per heavy atom. The van der Waals surface area contributed by atoms with Gasteiger partial charge in [-0.2, -0.15) is 0 Å². The number of ether oxygens (including phenoxy) is 1. The van der Waals surface area contributed by atoms with Gasteiger partial charge in [0.05, 0.1) is 12.6 Å². The molecule has 1 unspecified atom stereocenters. The molecular formula is C20H23N2O3P. The van der Waals surface area contributed by atoms with E-state index < -0.39 is 0 Å². The van der Waals surface area contributed by atoms with Crippen molar-refractivity contribution in [2.45, 2.75) is 25.0 Å². The second kappa shape index (κ2) is 7.43. The van der Waals surface area contributed by atoms with E-state index >= 15 is 0 Å². The average Bonchev–Trinajstić information content (AvgIpc) is 2.71. The van der Waals surface area contributed by atoms with Crippen LogP contribution in [0.15, 0.2) is 43.1 Å². The summed E-state index contributed by atoms with van der Waals surface area (Å²) in [6.07, 6.45) is 5.84. The van der Waals surface area contributed by atoms with Gasteiger partial charge in [0, 0.05) is 24.2 Å². The van der Waals surface area contributed by atoms with E-state index in [1.165, 1.54) is 6.42 Å². The molecule has 4 heterocycles. The third-order valence-electron chi connectivity index (χ3n) is 5.95. The van der Waals surface area contributed by atoms with E-state index in [1.54, 1.807) is 13.3 Å². The van der Waals surface area contributed by atoms with Crippen LogP contribution in [0.25, 0.3) is 10.9 Å². The first-order valence-electron chi connectivity index (χ1n) is 9.03. The van der Waals surface area contributed by atoms with Gasteiger partial charge in [-0.25, -0.2) is 4.57 Å². The van der Waals surface area contributed by atoms with E-state index in [0.29, 0.717) is 11.8 Å². The van der Waals surface area contributed by atoms with Crippen molar-refractivity contribution in [2.75, 3.05) is 20.2 Å². The fourth-order valence-corrected chi connectivity index (χ4v) is 4.94. The van der Waals surface area contributed by atoms with Crippen molar-refractivity contribution in [3.63, 3.8) is 0 Å². The molecule has 0 amide bonds. The standard InChI is InChI=1S/C20H23N2O3P/c1-3-13-12-22-9-7-14(13)10-19(22)20(25-26-23)16-6-8-21-18-5-4-15(24-2)11-17(16)18/h3-6,8,11,13-14,19-20H,1,7,9-10,12H2,2H3/t13-,14-,19-,20+/m1/s1. The molecule has 136 valence electrons. The first-order valence-corrected chi connectivity index (χ1v) is 9.76. The van der Waals surface area contributed by atoms with Gasteiger partial charge < -0.3 is 4.74 Å². The van der Waals surface area contributed by atoms with Crippen LogP contribution in [0.2, 0.25) is 0 Å². The highest BCUT2D eigenvalue weighted by Crippen LogP contribution is 2.44. The lowest BCUT2D eigenvalue weighted by molar-refractivity contribution is -0.0324. The Balaban J connectivity index is 1.75. The minimum Gasteiger partial charge on any atom is -0.497 e. The number of pyridine rings is 1. The maximum atomic E-state index is 11.4. The second-order valence-electron chi connectivity index (χ2n) is 7.13. The lowest BCUT2D eigenvalue weighted by atomic mass is 9.73. The molecule has 6 heteroatoms. The topological polar surface area (TPSA) is 51.7 Å². The van der Waals surface area contributed by atoms with Gasteiger partial charge in [-0.1, -0.05) is 6.08 Å². The van der Waals surface area contributed by atoms with Crippen molar-refractivity contribution in [3.05, 3.63) is 48.7 Å². The summed E-state index contributed by atoms with van der Waals surface area (Å²) in [5, 5.41) is 0.989. The highest BCUT2D eigenvalue weighted by atomic mass is 31.1. The van der Waals surface area contributed by atoms with Crippen LogP contribution in [0, 0.1) is 11.8 Å². The highest BCUT2D eigenvalue weighted by molar-refractivity contribution is 7.17. The largest absolute Gasteiger partial charge is 0.497 e. The zero-order valence-corrected chi connectivity index (χ0v) is 15.8. The van der Waals surface area contributed by atoms with Gasteiger partial charge in [0.2, 0.25) is 0 Å². The summed E-state index contributed by atoms with van der Waals surface area (Å²) in [5.74, 6) is 1.95. The number of fused-ring (bicyclic) bond motifs is 4. The molecule has 0 radical (unpaired) electrons. The fourth-order valence-electron chi connectivity index (χ4n) is 4.59. The Hall–Kier alpha value is -1.81. The van der Waals surface area contributed by atoms with Crippen molar-refractivity contribution >= 4 is 19.6 Å². The summed E-state index contributed by atoms with van der Waals surface area (Å²) in [7, 11) is 1.36. The number of hydrogen-bond acceptors (Lipinski definition) is 5. The summed E-state index contributed by atoms with van der Waals surface area (Å²) in [5.41, 5.74) is 1.91. The van der Waals surface area contributed by atoms with Crippen LogP contribution >= 0.6 is 8.69 Å². The molecule has 2 aromatic rings. The van der Waals surface area contributed by atoms with Crippen LogP contribution in [0.1, 0.15) is 24.5 Å². The molecular weight excluding hydrogens is 347 g/mol. The third-order valence-corrected chi connectivity index (χ3v) is 6.26. The molecule has 0 spiro atoms. The van der Waals surface area contributed by atoms with E-state index in [0.717, 1.165) is 41.7 Å². The number of hydrogen-bond donors (Lipinski definition) is 0. The summed E-state index contributed by atoms with van der Waals surface area (Å²) in [6, 6.07) is 8.03. The fraction of sp³-hybridized carbons (Fsp3) is 0.450. The van der Waals surface area contributed by atoms with Crippen molar-refractivity contribution in [2.24, 2.45) is 11.8 Å². The van der Waals surface area contributed by atoms with Crippen molar-refractivity contribution in [1.29, 1.82) is 0 Å². The Labute approximate surface area is 155 Å². The normalized spacial score (nSPS) is 29.0. The van der Waals surface area contributed by atoms with E-state index in [-0.39, 0.29) is 20.8 Å². The van der Waals surface area contributed by atoms with Crippen LogP contribution in [-0.4, -0.2) is 36.1 Å². The van der Waals surface area contributed by atoms with E-state index in [4.69, 9.17) is 9.26 Å². The van der Waals surface area contributed by atoms with Gasteiger partial charge in [-0.05, 0) is 61.1 Å². The third kappa shape index (κ3) is 3.05. The SMILES string of the molecule is C=C[C@@H]1CN2CC[C@@H]1C[C@@H]2[C@@H](OP=O)c1ccnc2ccc(OC)cc12. The monoisotopic (exact) mass is 370 g/mol. The Kier molecular flexibility index (Phi) is 5.03. The zero-order valence-electron chi connectivity index (χ0n) is 14.9. The minimum atomic E-state index is -0.295. The van der Waals surface area contributed by atoms with Gasteiger partial charge >= 0.3 is 8.69 Å². The maximum Gasteiger partial charge on any atom is 0.328 e. The average molecular weight is 370 g/mol. The van der Waals surface area contributed by atoms with Crippen LogP contribution in [0.3, 0.4) is 0 Å². The lowest BCUT2D eigenvalue weighted by Crippen LogP contribution is -2.55. The second-order valence-corrected chi connectivity index (χ2v) is 7.49. The van der Waals surface area contributed by atoms with Gasteiger partial charge in [0.1, 0.15) is 11.9 Å². The zero-order chi connectivity index (χ0) is 18.1. The van der Waals surface area contributed by atoms with Crippen molar-refractivity contribution in [1.82, 2.24) is 9.88 Å². The number of nitrogens with zero attached hydrogens (tertiary/aromatic N) is 2. The number of methoxy groups -OCH3 is 1. The molecule has 2 bridgehead atoms. The smallest absolute Gasteiger partial charge is 0.328 e. The molecule has 0 saturated carbocycles. The van der Waals surface area contributed by atoms with Crippen LogP contribution in [-0.2, 0) is 9.09 Å². The molecule has 1 aromatic heterocycles. The van der Waals surface area contributed by atoms with Crippen LogP contribution < -0.4 is 4.74 Å². The first kappa shape index (κ1) is 17.6. The van der Waals surface area contributed by atoms with Crippen LogP contribution in [0.4, 0.5) is 0 Å². The Morgan fingerprint density at radius 3 is 3.00 bits per heavy atom. The van der Waals surface area contributed by atoms with Crippen LogP contribution in [0.5, 0.6) is 5.75 Å². The molecule has 5 rings (SSSR count). The molecule has 1 aromatic carbocycles.